The van der Waals surface area contributed by atoms with Gasteiger partial charge in [-0.2, -0.15) is 13.2 Å². The van der Waals surface area contributed by atoms with Crippen molar-refractivity contribution in [2.75, 3.05) is 7.05 Å². The molecule has 7 heteroatoms. The van der Waals surface area contributed by atoms with Gasteiger partial charge in [-0.1, -0.05) is 18.3 Å². The molecule has 92 valence electrons. The number of rotatable bonds is 5. The van der Waals surface area contributed by atoms with Gasteiger partial charge >= 0.3 is 6.18 Å². The van der Waals surface area contributed by atoms with E-state index in [2.05, 4.69) is 15.5 Å². The Morgan fingerprint density at radius 1 is 1.38 bits per heavy atom. The summed E-state index contributed by atoms with van der Waals surface area (Å²) < 4.78 is 35.9. The molecule has 1 atom stereocenters. The van der Waals surface area contributed by atoms with Crippen molar-refractivity contribution in [3.05, 3.63) is 10.0 Å². The maximum absolute atomic E-state index is 12.0. The minimum absolute atomic E-state index is 0.0807. The van der Waals surface area contributed by atoms with Crippen molar-refractivity contribution in [3.63, 3.8) is 0 Å². The molecule has 0 spiro atoms. The summed E-state index contributed by atoms with van der Waals surface area (Å²) in [6.45, 7) is 1.98. The molecule has 0 aliphatic carbocycles. The fourth-order valence-electron chi connectivity index (χ4n) is 1.26. The first-order valence-corrected chi connectivity index (χ1v) is 5.84. The molecule has 1 N–H and O–H groups in total. The Balaban J connectivity index is 2.58. The van der Waals surface area contributed by atoms with Crippen molar-refractivity contribution in [3.8, 4) is 0 Å². The fourth-order valence-corrected chi connectivity index (χ4v) is 2.29. The molecule has 0 radical (unpaired) electrons. The van der Waals surface area contributed by atoms with Crippen molar-refractivity contribution >= 4 is 11.3 Å². The van der Waals surface area contributed by atoms with E-state index in [4.69, 9.17) is 0 Å². The Kier molecular flexibility index (Phi) is 4.67. The monoisotopic (exact) mass is 253 g/mol. The average molecular weight is 253 g/mol. The lowest BCUT2D eigenvalue weighted by molar-refractivity contribution is -0.134. The van der Waals surface area contributed by atoms with Crippen LogP contribution in [0.15, 0.2) is 0 Å². The predicted molar refractivity (Wildman–Crippen MR) is 56.4 cm³/mol. The normalized spacial score (nSPS) is 14.1. The Labute approximate surface area is 96.1 Å². The second-order valence-corrected chi connectivity index (χ2v) is 4.49. The summed E-state index contributed by atoms with van der Waals surface area (Å²) in [5.74, 6) is 0. The lowest BCUT2D eigenvalue weighted by Crippen LogP contribution is -2.14. The molecular weight excluding hydrogens is 239 g/mol. The molecule has 0 aromatic carbocycles. The molecular formula is C9H14F3N3S. The van der Waals surface area contributed by atoms with Gasteiger partial charge in [0.1, 0.15) is 10.0 Å². The summed E-state index contributed by atoms with van der Waals surface area (Å²) in [5, 5.41) is 11.9. The summed E-state index contributed by atoms with van der Waals surface area (Å²) in [6, 6.07) is 0.0807. The molecule has 3 nitrogen and oxygen atoms in total. The van der Waals surface area contributed by atoms with Gasteiger partial charge in [0.05, 0.1) is 6.04 Å². The molecule has 0 bridgehead atoms. The van der Waals surface area contributed by atoms with Crippen LogP contribution in [0.5, 0.6) is 0 Å². The van der Waals surface area contributed by atoms with Gasteiger partial charge in [0, 0.05) is 12.8 Å². The number of halogens is 3. The molecule has 1 heterocycles. The van der Waals surface area contributed by atoms with E-state index < -0.39 is 12.6 Å². The maximum Gasteiger partial charge on any atom is 0.389 e. The first kappa shape index (κ1) is 13.4. The number of nitrogens with zero attached hydrogens (tertiary/aromatic N) is 2. The van der Waals surface area contributed by atoms with E-state index in [1.807, 2.05) is 6.92 Å². The van der Waals surface area contributed by atoms with Crippen LogP contribution in [-0.2, 0) is 6.42 Å². The van der Waals surface area contributed by atoms with Gasteiger partial charge in [0.15, 0.2) is 0 Å². The summed E-state index contributed by atoms with van der Waals surface area (Å²) in [5.41, 5.74) is 0. The molecule has 1 aromatic rings. The van der Waals surface area contributed by atoms with E-state index in [0.717, 1.165) is 11.4 Å². The van der Waals surface area contributed by atoms with E-state index >= 15 is 0 Å². The molecule has 1 unspecified atom stereocenters. The third-order valence-corrected chi connectivity index (χ3v) is 3.26. The third kappa shape index (κ3) is 4.05. The average Bonchev–Trinajstić information content (AvgIpc) is 2.65. The van der Waals surface area contributed by atoms with Gasteiger partial charge in [-0.25, -0.2) is 0 Å². The Morgan fingerprint density at radius 2 is 2.06 bits per heavy atom. The minimum Gasteiger partial charge on any atom is -0.311 e. The van der Waals surface area contributed by atoms with Crippen molar-refractivity contribution in [2.45, 2.75) is 38.4 Å². The van der Waals surface area contributed by atoms with Crippen LogP contribution in [0.4, 0.5) is 13.2 Å². The quantitative estimate of drug-likeness (QED) is 0.876. The molecule has 1 rings (SSSR count). The van der Waals surface area contributed by atoms with E-state index in [9.17, 15) is 13.2 Å². The predicted octanol–water partition coefficient (Wildman–Crippen LogP) is 2.70. The van der Waals surface area contributed by atoms with Gasteiger partial charge < -0.3 is 5.32 Å². The highest BCUT2D eigenvalue weighted by atomic mass is 32.1. The fraction of sp³-hybridized carbons (Fsp3) is 0.778. The second-order valence-electron chi connectivity index (χ2n) is 3.40. The van der Waals surface area contributed by atoms with Crippen LogP contribution in [0, 0.1) is 0 Å². The van der Waals surface area contributed by atoms with Crippen LogP contribution in [0.3, 0.4) is 0 Å². The van der Waals surface area contributed by atoms with E-state index in [-0.39, 0.29) is 12.5 Å². The Bertz CT molecular complexity index is 320. The van der Waals surface area contributed by atoms with E-state index in [1.54, 1.807) is 7.05 Å². The van der Waals surface area contributed by atoms with Crippen molar-refractivity contribution < 1.29 is 13.2 Å². The molecule has 0 saturated carbocycles. The van der Waals surface area contributed by atoms with Gasteiger partial charge in [0.25, 0.3) is 0 Å². The molecule has 1 aromatic heterocycles. The highest BCUT2D eigenvalue weighted by Crippen LogP contribution is 2.25. The highest BCUT2D eigenvalue weighted by Gasteiger charge is 2.27. The van der Waals surface area contributed by atoms with Crippen LogP contribution < -0.4 is 5.32 Å². The molecule has 0 saturated heterocycles. The largest absolute Gasteiger partial charge is 0.389 e. The number of hydrogen-bond donors (Lipinski definition) is 1. The standard InChI is InChI=1S/C9H14F3N3S/c1-3-6(13-2)8-15-14-7(16-8)4-5-9(10,11)12/h6,13H,3-5H2,1-2H3. The molecule has 0 aliphatic rings. The smallest absolute Gasteiger partial charge is 0.311 e. The zero-order valence-electron chi connectivity index (χ0n) is 9.14. The third-order valence-electron chi connectivity index (χ3n) is 2.16. The van der Waals surface area contributed by atoms with Crippen LogP contribution in [0.2, 0.25) is 0 Å². The van der Waals surface area contributed by atoms with Crippen LogP contribution >= 0.6 is 11.3 Å². The van der Waals surface area contributed by atoms with Gasteiger partial charge in [-0.15, -0.1) is 10.2 Å². The zero-order chi connectivity index (χ0) is 12.2. The summed E-state index contributed by atoms with van der Waals surface area (Å²) in [4.78, 5) is 0. The Hall–Kier alpha value is -0.690. The van der Waals surface area contributed by atoms with Gasteiger partial charge in [-0.3, -0.25) is 0 Å². The number of alkyl halides is 3. The van der Waals surface area contributed by atoms with Crippen LogP contribution in [0.1, 0.15) is 35.8 Å². The van der Waals surface area contributed by atoms with Crippen molar-refractivity contribution in [1.29, 1.82) is 0 Å². The first-order valence-electron chi connectivity index (χ1n) is 5.02. The maximum atomic E-state index is 12.0. The molecule has 16 heavy (non-hydrogen) atoms. The number of nitrogens with one attached hydrogen (secondary N) is 1. The second kappa shape index (κ2) is 5.58. The Morgan fingerprint density at radius 3 is 2.56 bits per heavy atom. The highest BCUT2D eigenvalue weighted by molar-refractivity contribution is 7.11. The van der Waals surface area contributed by atoms with Crippen molar-refractivity contribution in [1.82, 2.24) is 15.5 Å². The van der Waals surface area contributed by atoms with Gasteiger partial charge in [0.2, 0.25) is 0 Å². The molecule has 0 fully saturated rings. The summed E-state index contributed by atoms with van der Waals surface area (Å²) >= 11 is 1.25. The lowest BCUT2D eigenvalue weighted by Gasteiger charge is -2.08. The van der Waals surface area contributed by atoms with Crippen LogP contribution in [0.25, 0.3) is 0 Å². The number of hydrogen-bond acceptors (Lipinski definition) is 4. The van der Waals surface area contributed by atoms with Crippen LogP contribution in [-0.4, -0.2) is 23.4 Å². The number of aromatic nitrogens is 2. The molecule has 0 aliphatic heterocycles. The van der Waals surface area contributed by atoms with E-state index in [0.29, 0.717) is 5.01 Å². The first-order chi connectivity index (χ1) is 7.46. The topological polar surface area (TPSA) is 37.8 Å². The molecule has 0 amide bonds. The minimum atomic E-state index is -4.13. The summed E-state index contributed by atoms with van der Waals surface area (Å²) in [7, 11) is 1.80. The number of aryl methyl sites for hydroxylation is 1. The summed E-state index contributed by atoms with van der Waals surface area (Å²) in [6.07, 6.45) is -4.21. The lowest BCUT2D eigenvalue weighted by atomic mass is 10.2. The van der Waals surface area contributed by atoms with E-state index in [1.165, 1.54) is 11.3 Å². The van der Waals surface area contributed by atoms with Gasteiger partial charge in [-0.05, 0) is 13.5 Å². The zero-order valence-corrected chi connectivity index (χ0v) is 9.95. The van der Waals surface area contributed by atoms with Crippen molar-refractivity contribution in [2.24, 2.45) is 0 Å². The SMILES string of the molecule is CCC(NC)c1nnc(CCC(F)(F)F)s1.